The van der Waals surface area contributed by atoms with Crippen LogP contribution in [-0.2, 0) is 4.74 Å². The molecule has 1 fully saturated rings. The van der Waals surface area contributed by atoms with Crippen LogP contribution in [0.2, 0.25) is 0 Å². The normalized spacial score (nSPS) is 27.2. The summed E-state index contributed by atoms with van der Waals surface area (Å²) in [5.41, 5.74) is 2.50. The zero-order chi connectivity index (χ0) is 17.8. The topological polar surface area (TPSA) is 77.0 Å². The maximum Gasteiger partial charge on any atom is 0.268 e. The lowest BCUT2D eigenvalue weighted by molar-refractivity contribution is -0.685. The van der Waals surface area contributed by atoms with E-state index >= 15 is 0 Å². The van der Waals surface area contributed by atoms with Crippen LogP contribution in [-0.4, -0.2) is 51.9 Å². The number of carbonyl (C=O) groups excluding carboxylic acids is 1. The molecule has 3 aliphatic rings. The Morgan fingerprint density at radius 1 is 1.31 bits per heavy atom. The standard InChI is InChI=1S/C18H18N6O2/c1-11-12(7-8-26-11)14-9-24(21-20-14)16-17-22(2)18(25)13-5-3-4-6-15(13)23(17)10-19-16/h3-6,9-12H,7-8H2,1-2H3/p+1. The van der Waals surface area contributed by atoms with Crippen LogP contribution in [0.15, 0.2) is 41.3 Å². The molecule has 1 N–H and O–H groups in total. The molecular weight excluding hydrogens is 332 g/mol. The number of quaternary nitrogens is 1. The van der Waals surface area contributed by atoms with Gasteiger partial charge in [0.2, 0.25) is 12.2 Å². The van der Waals surface area contributed by atoms with Gasteiger partial charge in [-0.25, -0.2) is 4.90 Å². The van der Waals surface area contributed by atoms with Gasteiger partial charge in [-0.3, -0.25) is 9.69 Å². The van der Waals surface area contributed by atoms with Crippen molar-refractivity contribution in [2.75, 3.05) is 13.7 Å². The van der Waals surface area contributed by atoms with Crippen LogP contribution in [0.4, 0.5) is 5.69 Å². The third-order valence-electron chi connectivity index (χ3n) is 5.35. The van der Waals surface area contributed by atoms with Crippen molar-refractivity contribution in [3.63, 3.8) is 0 Å². The number of fused-ring (bicyclic) bond motifs is 3. The van der Waals surface area contributed by atoms with Crippen LogP contribution < -0.4 is 4.90 Å². The number of ether oxygens (including phenoxy) is 1. The lowest BCUT2D eigenvalue weighted by Gasteiger charge is -2.28. The van der Waals surface area contributed by atoms with E-state index in [9.17, 15) is 4.79 Å². The smallest absolute Gasteiger partial charge is 0.268 e. The second-order valence-electron chi connectivity index (χ2n) is 6.81. The molecule has 2 aromatic rings. The number of hydrogen-bond donors (Lipinski definition) is 1. The Labute approximate surface area is 150 Å². The summed E-state index contributed by atoms with van der Waals surface area (Å²) in [7, 11) is 1.77. The number of nitrogens with zero attached hydrogens (tertiary/aromatic N) is 5. The number of amides is 1. The van der Waals surface area contributed by atoms with Gasteiger partial charge >= 0.3 is 0 Å². The number of para-hydroxylation sites is 1. The maximum absolute atomic E-state index is 12.8. The molecule has 8 heteroatoms. The monoisotopic (exact) mass is 351 g/mol. The fourth-order valence-electron chi connectivity index (χ4n) is 3.92. The van der Waals surface area contributed by atoms with E-state index in [0.717, 1.165) is 35.1 Å². The number of rotatable bonds is 2. The SMILES string of the molecule is CC1OCCC1c1cn(C2=C3N(C)C(=O)c4ccccc4[NH+]3C=N2)nn1. The van der Waals surface area contributed by atoms with Gasteiger partial charge in [-0.05, 0) is 19.4 Å². The van der Waals surface area contributed by atoms with Gasteiger partial charge in [-0.15, -0.1) is 5.10 Å². The van der Waals surface area contributed by atoms with E-state index in [1.54, 1.807) is 23.0 Å². The molecule has 4 heterocycles. The third kappa shape index (κ3) is 2.09. The third-order valence-corrected chi connectivity index (χ3v) is 5.35. The van der Waals surface area contributed by atoms with Crippen molar-refractivity contribution in [1.82, 2.24) is 19.9 Å². The Kier molecular flexibility index (Phi) is 3.31. The Balaban J connectivity index is 1.58. The second kappa shape index (κ2) is 5.58. The molecule has 0 bridgehead atoms. The number of nitrogens with one attached hydrogen (secondary N) is 1. The van der Waals surface area contributed by atoms with Crippen LogP contribution in [0.1, 0.15) is 35.3 Å². The molecule has 1 saturated heterocycles. The first-order valence-corrected chi connectivity index (χ1v) is 8.72. The van der Waals surface area contributed by atoms with Crippen molar-refractivity contribution >= 4 is 23.8 Å². The fraction of sp³-hybridized carbons (Fsp3) is 0.333. The van der Waals surface area contributed by atoms with E-state index in [2.05, 4.69) is 22.2 Å². The zero-order valence-electron chi connectivity index (χ0n) is 14.6. The van der Waals surface area contributed by atoms with Crippen LogP contribution in [0.3, 0.4) is 0 Å². The quantitative estimate of drug-likeness (QED) is 0.860. The van der Waals surface area contributed by atoms with E-state index in [-0.39, 0.29) is 17.9 Å². The number of aliphatic imine (C=N–C) groups is 1. The molecule has 0 saturated carbocycles. The first kappa shape index (κ1) is 15.4. The van der Waals surface area contributed by atoms with Crippen molar-refractivity contribution in [1.29, 1.82) is 0 Å². The minimum Gasteiger partial charge on any atom is -0.378 e. The number of benzene rings is 1. The Morgan fingerprint density at radius 2 is 2.15 bits per heavy atom. The maximum atomic E-state index is 12.8. The molecule has 3 atom stereocenters. The minimum atomic E-state index is -0.0412. The summed E-state index contributed by atoms with van der Waals surface area (Å²) in [6.45, 7) is 2.80. The lowest BCUT2D eigenvalue weighted by Crippen LogP contribution is -3.06. The predicted octanol–water partition coefficient (Wildman–Crippen LogP) is 0.598. The summed E-state index contributed by atoms with van der Waals surface area (Å²) in [5, 5.41) is 8.60. The first-order valence-electron chi connectivity index (χ1n) is 8.72. The molecule has 0 aliphatic carbocycles. The highest BCUT2D eigenvalue weighted by molar-refractivity contribution is 6.01. The highest BCUT2D eigenvalue weighted by atomic mass is 16.5. The lowest BCUT2D eigenvalue weighted by atomic mass is 10.00. The van der Waals surface area contributed by atoms with E-state index in [1.807, 2.05) is 30.5 Å². The van der Waals surface area contributed by atoms with Gasteiger partial charge in [0.1, 0.15) is 5.56 Å². The highest BCUT2D eigenvalue weighted by Gasteiger charge is 2.42. The van der Waals surface area contributed by atoms with Gasteiger partial charge < -0.3 is 4.74 Å². The van der Waals surface area contributed by atoms with Gasteiger partial charge in [0.25, 0.3) is 11.7 Å². The van der Waals surface area contributed by atoms with Gasteiger partial charge in [0, 0.05) is 25.6 Å². The van der Waals surface area contributed by atoms with Gasteiger partial charge in [-0.2, -0.15) is 9.67 Å². The molecule has 5 rings (SSSR count). The number of hydrogen-bond acceptors (Lipinski definition) is 5. The van der Waals surface area contributed by atoms with E-state index in [4.69, 9.17) is 4.74 Å². The zero-order valence-corrected chi connectivity index (χ0v) is 14.6. The molecule has 1 aromatic heterocycles. The average Bonchev–Trinajstić information content (AvgIpc) is 3.38. The average molecular weight is 351 g/mol. The van der Waals surface area contributed by atoms with Gasteiger partial charge in [-0.1, -0.05) is 17.3 Å². The molecule has 1 amide bonds. The fourth-order valence-corrected chi connectivity index (χ4v) is 3.92. The van der Waals surface area contributed by atoms with Crippen molar-refractivity contribution < 1.29 is 14.4 Å². The summed E-state index contributed by atoms with van der Waals surface area (Å²) >= 11 is 0. The molecule has 3 aliphatic heterocycles. The molecular formula is C18H19N6O2+. The molecule has 26 heavy (non-hydrogen) atoms. The van der Waals surface area contributed by atoms with E-state index < -0.39 is 0 Å². The molecule has 0 spiro atoms. The second-order valence-corrected chi connectivity index (χ2v) is 6.81. The van der Waals surface area contributed by atoms with Crippen LogP contribution in [0.5, 0.6) is 0 Å². The van der Waals surface area contributed by atoms with Crippen molar-refractivity contribution in [2.45, 2.75) is 25.4 Å². The Hall–Kier alpha value is -2.84. The molecule has 0 radical (unpaired) electrons. The molecule has 3 unspecified atom stereocenters. The van der Waals surface area contributed by atoms with Crippen molar-refractivity contribution in [3.8, 4) is 0 Å². The summed E-state index contributed by atoms with van der Waals surface area (Å²) in [4.78, 5) is 19.9. The largest absolute Gasteiger partial charge is 0.378 e. The predicted molar refractivity (Wildman–Crippen MR) is 93.7 cm³/mol. The van der Waals surface area contributed by atoms with Gasteiger partial charge in [0.05, 0.1) is 18.0 Å². The summed E-state index contributed by atoms with van der Waals surface area (Å²) in [6, 6.07) is 7.61. The highest BCUT2D eigenvalue weighted by Crippen LogP contribution is 2.30. The molecule has 8 nitrogen and oxygen atoms in total. The molecule has 1 aromatic carbocycles. The van der Waals surface area contributed by atoms with Crippen LogP contribution >= 0.6 is 0 Å². The van der Waals surface area contributed by atoms with E-state index in [1.165, 1.54) is 0 Å². The molecule has 132 valence electrons. The summed E-state index contributed by atoms with van der Waals surface area (Å²) in [5.74, 6) is 1.59. The Bertz CT molecular complexity index is 962. The van der Waals surface area contributed by atoms with Crippen molar-refractivity contribution in [2.24, 2.45) is 4.99 Å². The minimum absolute atomic E-state index is 0.0412. The number of aromatic nitrogens is 3. The summed E-state index contributed by atoms with van der Waals surface area (Å²) in [6.07, 6.45) is 4.78. The first-order chi connectivity index (χ1) is 12.6. The number of carbonyl (C=O) groups is 1. The van der Waals surface area contributed by atoms with E-state index in [0.29, 0.717) is 11.4 Å². The van der Waals surface area contributed by atoms with Crippen LogP contribution in [0, 0.1) is 0 Å². The van der Waals surface area contributed by atoms with Crippen LogP contribution in [0.25, 0.3) is 5.82 Å². The van der Waals surface area contributed by atoms with Crippen molar-refractivity contribution in [3.05, 3.63) is 47.5 Å². The Morgan fingerprint density at radius 3 is 2.96 bits per heavy atom. The summed E-state index contributed by atoms with van der Waals surface area (Å²) < 4.78 is 7.30. The van der Waals surface area contributed by atoms with Gasteiger partial charge in [0.15, 0.2) is 5.69 Å².